The molecule has 2 aliphatic rings. The Bertz CT molecular complexity index is 1020. The fraction of sp³-hybridized carbons (Fsp3) is 0.417. The van der Waals surface area contributed by atoms with E-state index < -0.39 is 0 Å². The van der Waals surface area contributed by atoms with Crippen molar-refractivity contribution in [1.29, 1.82) is 0 Å². The largest absolute Gasteiger partial charge is 0.493 e. The van der Waals surface area contributed by atoms with E-state index in [0.717, 1.165) is 46.7 Å². The summed E-state index contributed by atoms with van der Waals surface area (Å²) in [5, 5.41) is 2.67. The van der Waals surface area contributed by atoms with E-state index in [-0.39, 0.29) is 17.0 Å². The Morgan fingerprint density at radius 2 is 1.83 bits per heavy atom. The van der Waals surface area contributed by atoms with Crippen LogP contribution in [-0.2, 0) is 12.8 Å². The van der Waals surface area contributed by atoms with Gasteiger partial charge in [-0.15, -0.1) is 0 Å². The second-order valence-electron chi connectivity index (χ2n) is 9.07. The van der Waals surface area contributed by atoms with Gasteiger partial charge in [0.05, 0.1) is 18.4 Å². The molecule has 0 aromatic heterocycles. The maximum atomic E-state index is 11.9. The van der Waals surface area contributed by atoms with Crippen LogP contribution in [0.4, 0.5) is 0 Å². The van der Waals surface area contributed by atoms with Gasteiger partial charge in [-0.05, 0) is 57.9 Å². The summed E-state index contributed by atoms with van der Waals surface area (Å²) in [5.41, 5.74) is 5.63. The molecule has 0 bridgehead atoms. The number of carbonyl (C=O) groups is 1. The Labute approximate surface area is 172 Å². The normalized spacial score (nSPS) is 18.2. The van der Waals surface area contributed by atoms with E-state index in [9.17, 15) is 4.79 Å². The molecule has 0 aliphatic carbocycles. The SMILES string of the molecule is CNC(=O)c1ccc(C2=NC(C)(C)Cc3cc(OC)c4c(c32)CC(C)(C)O4)cc1. The topological polar surface area (TPSA) is 59.9 Å². The number of nitrogens with one attached hydrogen (secondary N) is 1. The average molecular weight is 392 g/mol. The maximum absolute atomic E-state index is 11.9. The molecule has 0 unspecified atom stereocenters. The summed E-state index contributed by atoms with van der Waals surface area (Å²) in [6.45, 7) is 8.49. The van der Waals surface area contributed by atoms with Crippen molar-refractivity contribution < 1.29 is 14.3 Å². The molecule has 29 heavy (non-hydrogen) atoms. The highest BCUT2D eigenvalue weighted by Gasteiger charge is 2.39. The van der Waals surface area contributed by atoms with Crippen molar-refractivity contribution >= 4 is 11.6 Å². The van der Waals surface area contributed by atoms with Crippen LogP contribution in [0, 0.1) is 0 Å². The van der Waals surface area contributed by atoms with Gasteiger partial charge in [-0.2, -0.15) is 0 Å². The minimum Gasteiger partial charge on any atom is -0.493 e. The number of rotatable bonds is 3. The Morgan fingerprint density at radius 3 is 2.45 bits per heavy atom. The monoisotopic (exact) mass is 392 g/mol. The summed E-state index contributed by atoms with van der Waals surface area (Å²) in [7, 11) is 3.33. The van der Waals surface area contributed by atoms with Gasteiger partial charge in [0.2, 0.25) is 0 Å². The molecule has 0 saturated heterocycles. The van der Waals surface area contributed by atoms with Crippen molar-refractivity contribution in [3.63, 3.8) is 0 Å². The van der Waals surface area contributed by atoms with Gasteiger partial charge in [0.1, 0.15) is 5.60 Å². The van der Waals surface area contributed by atoms with E-state index in [2.05, 4.69) is 39.1 Å². The Balaban J connectivity index is 1.90. The first-order valence-electron chi connectivity index (χ1n) is 9.98. The molecule has 4 rings (SSSR count). The van der Waals surface area contributed by atoms with E-state index >= 15 is 0 Å². The van der Waals surface area contributed by atoms with Crippen LogP contribution in [0.15, 0.2) is 35.3 Å². The van der Waals surface area contributed by atoms with Gasteiger partial charge in [-0.3, -0.25) is 9.79 Å². The van der Waals surface area contributed by atoms with Crippen LogP contribution in [0.2, 0.25) is 0 Å². The Kier molecular flexibility index (Phi) is 4.45. The third-order valence-electron chi connectivity index (χ3n) is 5.55. The second-order valence-corrected chi connectivity index (χ2v) is 9.07. The van der Waals surface area contributed by atoms with Crippen LogP contribution in [0.25, 0.3) is 0 Å². The molecule has 0 saturated carbocycles. The first-order valence-corrected chi connectivity index (χ1v) is 9.98. The van der Waals surface area contributed by atoms with Gasteiger partial charge >= 0.3 is 0 Å². The van der Waals surface area contributed by atoms with Crippen molar-refractivity contribution in [3.05, 3.63) is 58.1 Å². The lowest BCUT2D eigenvalue weighted by Crippen LogP contribution is -2.30. The fourth-order valence-corrected chi connectivity index (χ4v) is 4.35. The van der Waals surface area contributed by atoms with Crippen molar-refractivity contribution in [3.8, 4) is 11.5 Å². The summed E-state index contributed by atoms with van der Waals surface area (Å²) < 4.78 is 11.9. The van der Waals surface area contributed by atoms with E-state index in [0.29, 0.717) is 5.56 Å². The third kappa shape index (κ3) is 3.39. The molecule has 0 radical (unpaired) electrons. The number of amides is 1. The molecule has 0 spiro atoms. The number of fused-ring (bicyclic) bond motifs is 3. The van der Waals surface area contributed by atoms with E-state index in [1.165, 1.54) is 5.56 Å². The van der Waals surface area contributed by atoms with Crippen molar-refractivity contribution in [2.75, 3.05) is 14.2 Å². The predicted octanol–water partition coefficient (Wildman–Crippen LogP) is 3.94. The predicted molar refractivity (Wildman–Crippen MR) is 115 cm³/mol. The molecule has 0 fully saturated rings. The number of carbonyl (C=O) groups excluding carboxylic acids is 1. The van der Waals surface area contributed by atoms with Crippen molar-refractivity contribution in [1.82, 2.24) is 5.32 Å². The highest BCUT2D eigenvalue weighted by Crippen LogP contribution is 2.47. The molecule has 152 valence electrons. The fourth-order valence-electron chi connectivity index (χ4n) is 4.35. The quantitative estimate of drug-likeness (QED) is 0.861. The maximum Gasteiger partial charge on any atom is 0.251 e. The van der Waals surface area contributed by atoms with Crippen molar-refractivity contribution in [2.45, 2.75) is 51.7 Å². The average Bonchev–Trinajstić information content (AvgIpc) is 3.00. The molecule has 2 aliphatic heterocycles. The smallest absolute Gasteiger partial charge is 0.251 e. The van der Waals surface area contributed by atoms with Crippen molar-refractivity contribution in [2.24, 2.45) is 4.99 Å². The molecule has 1 N–H and O–H groups in total. The van der Waals surface area contributed by atoms with Crippen LogP contribution in [0.3, 0.4) is 0 Å². The molecular formula is C24H28N2O3. The van der Waals surface area contributed by atoms with E-state index in [1.54, 1.807) is 14.2 Å². The number of methoxy groups -OCH3 is 1. The first-order chi connectivity index (χ1) is 13.6. The molecule has 0 atom stereocenters. The van der Waals surface area contributed by atoms with Crippen LogP contribution >= 0.6 is 0 Å². The highest BCUT2D eigenvalue weighted by atomic mass is 16.5. The summed E-state index contributed by atoms with van der Waals surface area (Å²) >= 11 is 0. The zero-order valence-electron chi connectivity index (χ0n) is 18.0. The summed E-state index contributed by atoms with van der Waals surface area (Å²) in [6.07, 6.45) is 1.64. The lowest BCUT2D eigenvalue weighted by atomic mass is 9.81. The van der Waals surface area contributed by atoms with Crippen LogP contribution in [0.1, 0.15) is 60.3 Å². The van der Waals surface area contributed by atoms with E-state index in [1.807, 2.05) is 24.3 Å². The lowest BCUT2D eigenvalue weighted by molar-refractivity contribution is 0.0963. The van der Waals surface area contributed by atoms with Gasteiger partial charge in [-0.25, -0.2) is 0 Å². The lowest BCUT2D eigenvalue weighted by Gasteiger charge is -2.31. The highest BCUT2D eigenvalue weighted by molar-refractivity contribution is 6.16. The molecule has 5 heteroatoms. The summed E-state index contributed by atoms with van der Waals surface area (Å²) in [4.78, 5) is 17.0. The molecular weight excluding hydrogens is 364 g/mol. The molecule has 2 aromatic carbocycles. The van der Waals surface area contributed by atoms with Gasteiger partial charge in [0, 0.05) is 35.7 Å². The van der Waals surface area contributed by atoms with Gasteiger partial charge < -0.3 is 14.8 Å². The van der Waals surface area contributed by atoms with E-state index in [4.69, 9.17) is 14.5 Å². The summed E-state index contributed by atoms with van der Waals surface area (Å²) in [6, 6.07) is 9.76. The van der Waals surface area contributed by atoms with Crippen LogP contribution in [0.5, 0.6) is 11.5 Å². The second kappa shape index (κ2) is 6.61. The number of nitrogens with zero attached hydrogens (tertiary/aromatic N) is 1. The number of benzene rings is 2. The standard InChI is InChI=1S/C24H28N2O3/c1-23(2)12-16-11-18(28-6)21-17(13-24(3,4)29-21)19(16)20(26-23)14-7-9-15(10-8-14)22(27)25-5/h7-11H,12-13H2,1-6H3,(H,25,27). The van der Waals surface area contributed by atoms with Gasteiger partial charge in [0.15, 0.2) is 11.5 Å². The Morgan fingerprint density at radius 1 is 1.14 bits per heavy atom. The molecule has 1 amide bonds. The zero-order chi connectivity index (χ0) is 21.0. The first kappa shape index (κ1) is 19.5. The number of aliphatic imine (C=N–C) groups is 1. The minimum atomic E-state index is -0.286. The molecule has 2 heterocycles. The third-order valence-corrected chi connectivity index (χ3v) is 5.55. The minimum absolute atomic E-state index is 0.0939. The van der Waals surface area contributed by atoms with Gasteiger partial charge in [0.25, 0.3) is 5.91 Å². The van der Waals surface area contributed by atoms with Crippen LogP contribution in [-0.4, -0.2) is 36.9 Å². The van der Waals surface area contributed by atoms with Gasteiger partial charge in [-0.1, -0.05) is 12.1 Å². The molecule has 2 aromatic rings. The number of hydrogen-bond donors (Lipinski definition) is 1. The van der Waals surface area contributed by atoms with Crippen LogP contribution < -0.4 is 14.8 Å². The number of hydrogen-bond acceptors (Lipinski definition) is 4. The zero-order valence-corrected chi connectivity index (χ0v) is 18.0. The molecule has 5 nitrogen and oxygen atoms in total. The number of ether oxygens (including phenoxy) is 2. The summed E-state index contributed by atoms with van der Waals surface area (Å²) in [5.74, 6) is 1.52. The Hall–Kier alpha value is -2.82.